The van der Waals surface area contributed by atoms with Crippen LogP contribution < -0.4 is 5.14 Å². The van der Waals surface area contributed by atoms with Crippen LogP contribution in [0.4, 0.5) is 0 Å². The molecule has 0 bridgehead atoms. The fraction of sp³-hybridized carbons (Fsp3) is 0.800. The fourth-order valence-electron chi connectivity index (χ4n) is 2.43. The number of aromatic nitrogens is 3. The van der Waals surface area contributed by atoms with Gasteiger partial charge in [0, 0.05) is 12.0 Å². The van der Waals surface area contributed by atoms with E-state index in [2.05, 4.69) is 10.2 Å². The Labute approximate surface area is 101 Å². The Bertz CT molecular complexity index is 500. The Hall–Kier alpha value is -0.950. The van der Waals surface area contributed by atoms with Gasteiger partial charge in [-0.25, -0.2) is 13.6 Å². The molecule has 0 atom stereocenters. The highest BCUT2D eigenvalue weighted by atomic mass is 32.2. The minimum Gasteiger partial charge on any atom is -0.298 e. The van der Waals surface area contributed by atoms with Crippen LogP contribution in [0.5, 0.6) is 0 Å². The first kappa shape index (κ1) is 12.5. The van der Waals surface area contributed by atoms with Crippen molar-refractivity contribution in [2.75, 3.05) is 0 Å². The van der Waals surface area contributed by atoms with Crippen LogP contribution in [0.15, 0.2) is 5.16 Å². The molecule has 1 aliphatic rings. The predicted molar refractivity (Wildman–Crippen MR) is 63.0 cm³/mol. The highest BCUT2D eigenvalue weighted by molar-refractivity contribution is 7.89. The first-order valence-electron chi connectivity index (χ1n) is 5.89. The van der Waals surface area contributed by atoms with Crippen LogP contribution >= 0.6 is 0 Å². The van der Waals surface area contributed by atoms with Crippen molar-refractivity contribution in [1.82, 2.24) is 14.8 Å². The summed E-state index contributed by atoms with van der Waals surface area (Å²) in [6.07, 6.45) is 4.44. The molecule has 1 aliphatic carbocycles. The molecule has 6 nitrogen and oxygen atoms in total. The molecule has 0 radical (unpaired) electrons. The molecule has 0 unspecified atom stereocenters. The lowest BCUT2D eigenvalue weighted by Gasteiger charge is -2.16. The largest absolute Gasteiger partial charge is 0.298 e. The Balaban J connectivity index is 2.50. The molecule has 1 aromatic heterocycles. The highest BCUT2D eigenvalue weighted by Gasteiger charge is 2.28. The van der Waals surface area contributed by atoms with Crippen molar-refractivity contribution in [3.8, 4) is 0 Å². The summed E-state index contributed by atoms with van der Waals surface area (Å²) in [7, 11) is -3.80. The minimum absolute atomic E-state index is 0.00563. The lowest BCUT2D eigenvalue weighted by molar-refractivity contribution is 0.483. The third kappa shape index (κ3) is 2.35. The summed E-state index contributed by atoms with van der Waals surface area (Å²) in [6.45, 7) is 3.83. The summed E-state index contributed by atoms with van der Waals surface area (Å²) in [5.74, 6) is 1.09. The van der Waals surface area contributed by atoms with Crippen LogP contribution in [0.2, 0.25) is 0 Å². The van der Waals surface area contributed by atoms with Crippen LogP contribution in [0.3, 0.4) is 0 Å². The topological polar surface area (TPSA) is 90.9 Å². The van der Waals surface area contributed by atoms with Gasteiger partial charge in [0.25, 0.3) is 15.2 Å². The van der Waals surface area contributed by atoms with E-state index in [1.807, 2.05) is 13.8 Å². The standard InChI is InChI=1S/C10H18N4O2S/c1-7(2)14-9(8-5-3-4-6-8)12-13-10(14)17(11,15)16/h7-8H,3-6H2,1-2H3,(H2,11,15,16). The Morgan fingerprint density at radius 3 is 2.35 bits per heavy atom. The van der Waals surface area contributed by atoms with Crippen LogP contribution in [-0.4, -0.2) is 23.2 Å². The molecule has 2 N–H and O–H groups in total. The number of hydrogen-bond donors (Lipinski definition) is 1. The van der Waals surface area contributed by atoms with Gasteiger partial charge in [0.2, 0.25) is 0 Å². The van der Waals surface area contributed by atoms with Crippen LogP contribution in [0.25, 0.3) is 0 Å². The van der Waals surface area contributed by atoms with Gasteiger partial charge in [-0.3, -0.25) is 4.57 Å². The van der Waals surface area contributed by atoms with E-state index in [1.54, 1.807) is 4.57 Å². The molecule has 1 fully saturated rings. The average molecular weight is 258 g/mol. The summed E-state index contributed by atoms with van der Waals surface area (Å²) in [5.41, 5.74) is 0. The van der Waals surface area contributed by atoms with E-state index in [4.69, 9.17) is 5.14 Å². The van der Waals surface area contributed by atoms with Gasteiger partial charge in [-0.05, 0) is 26.7 Å². The van der Waals surface area contributed by atoms with E-state index >= 15 is 0 Å². The Kier molecular flexibility index (Phi) is 3.22. The highest BCUT2D eigenvalue weighted by Crippen LogP contribution is 2.34. The van der Waals surface area contributed by atoms with Crippen molar-refractivity contribution < 1.29 is 8.42 Å². The van der Waals surface area contributed by atoms with Crippen molar-refractivity contribution in [3.05, 3.63) is 5.82 Å². The molecule has 0 aliphatic heterocycles. The SMILES string of the molecule is CC(C)n1c(C2CCCC2)nnc1S(N)(=O)=O. The lowest BCUT2D eigenvalue weighted by Crippen LogP contribution is -2.21. The number of primary sulfonamides is 1. The van der Waals surface area contributed by atoms with Gasteiger partial charge >= 0.3 is 0 Å². The first-order chi connectivity index (χ1) is 7.91. The zero-order valence-corrected chi connectivity index (χ0v) is 10.9. The number of nitrogens with two attached hydrogens (primary N) is 1. The van der Waals surface area contributed by atoms with Crippen LogP contribution in [-0.2, 0) is 10.0 Å². The number of nitrogens with zero attached hydrogens (tertiary/aromatic N) is 3. The molecule has 7 heteroatoms. The second-order valence-electron chi connectivity index (χ2n) is 4.83. The normalized spacial score (nSPS) is 18.1. The minimum atomic E-state index is -3.80. The monoisotopic (exact) mass is 258 g/mol. The second-order valence-corrected chi connectivity index (χ2v) is 6.29. The van der Waals surface area contributed by atoms with E-state index in [-0.39, 0.29) is 11.2 Å². The van der Waals surface area contributed by atoms with E-state index in [1.165, 1.54) is 12.8 Å². The molecular formula is C10H18N4O2S. The van der Waals surface area contributed by atoms with Gasteiger partial charge in [-0.1, -0.05) is 12.8 Å². The summed E-state index contributed by atoms with van der Waals surface area (Å²) in [6, 6.07) is -0.00563. The number of rotatable bonds is 3. The van der Waals surface area contributed by atoms with Gasteiger partial charge in [-0.15, -0.1) is 10.2 Å². The Morgan fingerprint density at radius 2 is 1.88 bits per heavy atom. The fourth-order valence-corrected chi connectivity index (χ4v) is 3.16. The zero-order valence-electron chi connectivity index (χ0n) is 10.1. The second kappa shape index (κ2) is 4.38. The van der Waals surface area contributed by atoms with E-state index in [9.17, 15) is 8.42 Å². The molecule has 1 heterocycles. The molecule has 0 amide bonds. The van der Waals surface area contributed by atoms with Crippen molar-refractivity contribution >= 4 is 10.0 Å². The van der Waals surface area contributed by atoms with Gasteiger partial charge in [-0.2, -0.15) is 0 Å². The molecule has 1 aromatic rings. The molecule has 0 saturated heterocycles. The molecule has 1 saturated carbocycles. The van der Waals surface area contributed by atoms with Crippen LogP contribution in [0.1, 0.15) is 57.3 Å². The number of hydrogen-bond acceptors (Lipinski definition) is 4. The predicted octanol–water partition coefficient (Wildman–Crippen LogP) is 1.16. The molecule has 0 aromatic carbocycles. The molecular weight excluding hydrogens is 240 g/mol. The summed E-state index contributed by atoms with van der Waals surface area (Å²) in [4.78, 5) is 0. The third-order valence-corrected chi connectivity index (χ3v) is 3.97. The number of sulfonamides is 1. The van der Waals surface area contributed by atoms with E-state index in [0.29, 0.717) is 5.92 Å². The first-order valence-corrected chi connectivity index (χ1v) is 7.43. The molecule has 2 rings (SSSR count). The van der Waals surface area contributed by atoms with Gasteiger partial charge < -0.3 is 0 Å². The molecule has 17 heavy (non-hydrogen) atoms. The maximum Gasteiger partial charge on any atom is 0.273 e. The lowest BCUT2D eigenvalue weighted by atomic mass is 10.1. The van der Waals surface area contributed by atoms with Crippen molar-refractivity contribution in [3.63, 3.8) is 0 Å². The average Bonchev–Trinajstić information content (AvgIpc) is 2.84. The van der Waals surface area contributed by atoms with E-state index in [0.717, 1.165) is 18.7 Å². The summed E-state index contributed by atoms with van der Waals surface area (Å²) >= 11 is 0. The summed E-state index contributed by atoms with van der Waals surface area (Å²) in [5, 5.41) is 12.8. The maximum absolute atomic E-state index is 11.4. The summed E-state index contributed by atoms with van der Waals surface area (Å²) < 4.78 is 24.5. The quantitative estimate of drug-likeness (QED) is 0.880. The third-order valence-electron chi connectivity index (χ3n) is 3.18. The Morgan fingerprint density at radius 1 is 1.29 bits per heavy atom. The smallest absolute Gasteiger partial charge is 0.273 e. The van der Waals surface area contributed by atoms with Crippen LogP contribution in [0, 0.1) is 0 Å². The molecule has 96 valence electrons. The van der Waals surface area contributed by atoms with Gasteiger partial charge in [0.1, 0.15) is 5.82 Å². The van der Waals surface area contributed by atoms with Gasteiger partial charge in [0.15, 0.2) is 0 Å². The van der Waals surface area contributed by atoms with Crippen molar-refractivity contribution in [2.24, 2.45) is 5.14 Å². The zero-order chi connectivity index (χ0) is 12.6. The van der Waals surface area contributed by atoms with Gasteiger partial charge in [0.05, 0.1) is 0 Å². The van der Waals surface area contributed by atoms with Crippen molar-refractivity contribution in [2.45, 2.75) is 56.6 Å². The van der Waals surface area contributed by atoms with E-state index < -0.39 is 10.0 Å². The van der Waals surface area contributed by atoms with Crippen molar-refractivity contribution in [1.29, 1.82) is 0 Å². The maximum atomic E-state index is 11.4. The molecule has 0 spiro atoms.